The second-order valence-electron chi connectivity index (χ2n) is 5.74. The van der Waals surface area contributed by atoms with Gasteiger partial charge in [-0.1, -0.05) is 23.4 Å². The third kappa shape index (κ3) is 4.77. The number of nitrogens with one attached hydrogen (secondary N) is 1. The van der Waals surface area contributed by atoms with Crippen molar-refractivity contribution in [2.45, 2.75) is 25.9 Å². The first kappa shape index (κ1) is 18.4. The van der Waals surface area contributed by atoms with Gasteiger partial charge >= 0.3 is 0 Å². The number of nitrogens with two attached hydrogens (primary N) is 1. The van der Waals surface area contributed by atoms with Gasteiger partial charge in [0.1, 0.15) is 0 Å². The Morgan fingerprint density at radius 3 is 2.88 bits per heavy atom. The highest BCUT2D eigenvalue weighted by Gasteiger charge is 2.26. The third-order valence-corrected chi connectivity index (χ3v) is 3.97. The van der Waals surface area contributed by atoms with Crippen molar-refractivity contribution in [3.05, 3.63) is 42.0 Å². The van der Waals surface area contributed by atoms with Gasteiger partial charge < -0.3 is 15.6 Å². The largest absolute Gasteiger partial charge is 0.338 e. The first-order valence-corrected chi connectivity index (χ1v) is 7.84. The predicted molar refractivity (Wildman–Crippen MR) is 92.5 cm³/mol. The summed E-state index contributed by atoms with van der Waals surface area (Å²) >= 11 is 0. The Kier molecular flexibility index (Phi) is 6.72. The zero-order chi connectivity index (χ0) is 16.1. The minimum Gasteiger partial charge on any atom is -0.338 e. The summed E-state index contributed by atoms with van der Waals surface area (Å²) in [7, 11) is 0. The number of halogens is 1. The van der Waals surface area contributed by atoms with Crippen LogP contribution in [0, 0.1) is 5.92 Å². The Morgan fingerprint density at radius 1 is 1.38 bits per heavy atom. The van der Waals surface area contributed by atoms with Crippen LogP contribution in [0.2, 0.25) is 0 Å². The van der Waals surface area contributed by atoms with Crippen LogP contribution < -0.4 is 11.1 Å². The summed E-state index contributed by atoms with van der Waals surface area (Å²) in [5, 5.41) is 6.89. The number of benzene rings is 1. The number of amides is 1. The molecule has 1 unspecified atom stereocenters. The Labute approximate surface area is 147 Å². The lowest BCUT2D eigenvalue weighted by Crippen LogP contribution is -2.40. The Balaban J connectivity index is 0.00000208. The molecule has 0 bridgehead atoms. The molecule has 1 amide bonds. The highest BCUT2D eigenvalue weighted by atomic mass is 35.5. The van der Waals surface area contributed by atoms with Crippen LogP contribution in [0.25, 0.3) is 0 Å². The number of hydrogen-bond acceptors (Lipinski definition) is 6. The van der Waals surface area contributed by atoms with Gasteiger partial charge in [0.15, 0.2) is 5.82 Å². The van der Waals surface area contributed by atoms with Crippen molar-refractivity contribution in [2.24, 2.45) is 11.7 Å². The van der Waals surface area contributed by atoms with Crippen LogP contribution in [-0.4, -0.2) is 34.0 Å². The number of rotatable bonds is 5. The van der Waals surface area contributed by atoms with Crippen LogP contribution in [0.5, 0.6) is 0 Å². The van der Waals surface area contributed by atoms with E-state index in [4.69, 9.17) is 10.3 Å². The molecule has 0 spiro atoms. The highest BCUT2D eigenvalue weighted by molar-refractivity contribution is 5.92. The lowest BCUT2D eigenvalue weighted by atomic mass is 9.97. The van der Waals surface area contributed by atoms with E-state index in [1.807, 2.05) is 30.3 Å². The van der Waals surface area contributed by atoms with Gasteiger partial charge in [0.25, 0.3) is 0 Å². The van der Waals surface area contributed by atoms with Gasteiger partial charge in [-0.05, 0) is 31.5 Å². The lowest BCUT2D eigenvalue weighted by molar-refractivity contribution is -0.121. The van der Waals surface area contributed by atoms with E-state index in [0.717, 1.165) is 25.1 Å². The van der Waals surface area contributed by atoms with Crippen LogP contribution in [0.3, 0.4) is 0 Å². The molecule has 24 heavy (non-hydrogen) atoms. The molecule has 3 rings (SSSR count). The van der Waals surface area contributed by atoms with Crippen LogP contribution >= 0.6 is 12.4 Å². The SMILES string of the molecule is Cl.NCc1nc(CN2CCCC(C(=O)Nc3ccccc3)C2)no1. The maximum Gasteiger partial charge on any atom is 0.240 e. The smallest absolute Gasteiger partial charge is 0.240 e. The second kappa shape index (κ2) is 8.77. The van der Waals surface area contributed by atoms with Crippen LogP contribution in [0.4, 0.5) is 5.69 Å². The third-order valence-electron chi connectivity index (χ3n) is 3.97. The molecule has 0 saturated carbocycles. The van der Waals surface area contributed by atoms with Crippen LogP contribution in [0.1, 0.15) is 24.6 Å². The number of hydrogen-bond donors (Lipinski definition) is 2. The molecule has 1 saturated heterocycles. The molecule has 1 aromatic heterocycles. The van der Waals surface area contributed by atoms with Crippen molar-refractivity contribution in [3.8, 4) is 0 Å². The normalized spacial score (nSPS) is 18.0. The summed E-state index contributed by atoms with van der Waals surface area (Å²) in [6, 6.07) is 9.54. The molecule has 2 aromatic rings. The van der Waals surface area contributed by atoms with Crippen molar-refractivity contribution >= 4 is 24.0 Å². The first-order valence-electron chi connectivity index (χ1n) is 7.84. The van der Waals surface area contributed by atoms with Gasteiger partial charge in [0.2, 0.25) is 11.8 Å². The molecule has 1 aromatic carbocycles. The minimum atomic E-state index is -0.0233. The molecule has 1 atom stereocenters. The van der Waals surface area contributed by atoms with E-state index in [0.29, 0.717) is 24.8 Å². The number of piperidine rings is 1. The van der Waals surface area contributed by atoms with Gasteiger partial charge in [-0.25, -0.2) is 0 Å². The van der Waals surface area contributed by atoms with E-state index in [1.165, 1.54) is 0 Å². The van der Waals surface area contributed by atoms with Gasteiger partial charge in [0.05, 0.1) is 19.0 Å². The molecular formula is C16H22ClN5O2. The molecule has 0 radical (unpaired) electrons. The zero-order valence-electron chi connectivity index (χ0n) is 13.4. The van der Waals surface area contributed by atoms with Gasteiger partial charge in [-0.3, -0.25) is 9.69 Å². The number of carbonyl (C=O) groups excluding carboxylic acids is 1. The average molecular weight is 352 g/mol. The summed E-state index contributed by atoms with van der Waals surface area (Å²) in [5.41, 5.74) is 6.30. The van der Waals surface area contributed by atoms with E-state index in [1.54, 1.807) is 0 Å². The van der Waals surface area contributed by atoms with E-state index in [-0.39, 0.29) is 30.8 Å². The zero-order valence-corrected chi connectivity index (χ0v) is 14.2. The number of para-hydroxylation sites is 1. The number of likely N-dealkylation sites (tertiary alicyclic amines) is 1. The van der Waals surface area contributed by atoms with E-state index < -0.39 is 0 Å². The fraction of sp³-hybridized carbons (Fsp3) is 0.438. The molecule has 2 heterocycles. The molecule has 8 heteroatoms. The summed E-state index contributed by atoms with van der Waals surface area (Å²) in [5.74, 6) is 1.10. The number of nitrogens with zero attached hydrogens (tertiary/aromatic N) is 3. The Hall–Kier alpha value is -1.96. The summed E-state index contributed by atoms with van der Waals surface area (Å²) in [4.78, 5) is 18.8. The summed E-state index contributed by atoms with van der Waals surface area (Å²) in [6.45, 7) is 2.46. The second-order valence-corrected chi connectivity index (χ2v) is 5.74. The van der Waals surface area contributed by atoms with Gasteiger partial charge in [-0.15, -0.1) is 12.4 Å². The maximum absolute atomic E-state index is 12.4. The quantitative estimate of drug-likeness (QED) is 0.852. The van der Waals surface area contributed by atoms with Gasteiger partial charge in [0, 0.05) is 12.2 Å². The Morgan fingerprint density at radius 2 is 2.17 bits per heavy atom. The molecule has 3 N–H and O–H groups in total. The van der Waals surface area contributed by atoms with Crippen LogP contribution in [-0.2, 0) is 17.9 Å². The standard InChI is InChI=1S/C16H21N5O2.ClH/c17-9-15-19-14(20-23-15)11-21-8-4-5-12(10-21)16(22)18-13-6-2-1-3-7-13;/h1-3,6-7,12H,4-5,8-11,17H2,(H,18,22);1H. The average Bonchev–Trinajstić information content (AvgIpc) is 3.03. The monoisotopic (exact) mass is 351 g/mol. The van der Waals surface area contributed by atoms with Crippen molar-refractivity contribution < 1.29 is 9.32 Å². The number of anilines is 1. The molecular weight excluding hydrogens is 330 g/mol. The molecule has 1 aliphatic heterocycles. The summed E-state index contributed by atoms with van der Waals surface area (Å²) in [6.07, 6.45) is 1.88. The number of carbonyl (C=O) groups is 1. The number of aromatic nitrogens is 2. The predicted octanol–water partition coefficient (Wildman–Crippen LogP) is 1.80. The van der Waals surface area contributed by atoms with Gasteiger partial charge in [-0.2, -0.15) is 4.98 Å². The Bertz CT molecular complexity index is 649. The van der Waals surface area contributed by atoms with Crippen molar-refractivity contribution in [2.75, 3.05) is 18.4 Å². The fourth-order valence-electron chi connectivity index (χ4n) is 2.82. The first-order chi connectivity index (χ1) is 11.2. The van der Waals surface area contributed by atoms with Crippen molar-refractivity contribution in [3.63, 3.8) is 0 Å². The maximum atomic E-state index is 12.4. The minimum absolute atomic E-state index is 0. The molecule has 0 aliphatic carbocycles. The van der Waals surface area contributed by atoms with Crippen LogP contribution in [0.15, 0.2) is 34.9 Å². The molecule has 1 aliphatic rings. The highest BCUT2D eigenvalue weighted by Crippen LogP contribution is 2.20. The molecule has 130 valence electrons. The summed E-state index contributed by atoms with van der Waals surface area (Å²) < 4.78 is 5.02. The molecule has 1 fully saturated rings. The lowest BCUT2D eigenvalue weighted by Gasteiger charge is -2.31. The van der Waals surface area contributed by atoms with Crippen molar-refractivity contribution in [1.29, 1.82) is 0 Å². The van der Waals surface area contributed by atoms with Crippen molar-refractivity contribution in [1.82, 2.24) is 15.0 Å². The van der Waals surface area contributed by atoms with E-state index >= 15 is 0 Å². The fourth-order valence-corrected chi connectivity index (χ4v) is 2.82. The molecule has 7 nitrogen and oxygen atoms in total. The topological polar surface area (TPSA) is 97.3 Å². The van der Waals surface area contributed by atoms with E-state index in [9.17, 15) is 4.79 Å². The van der Waals surface area contributed by atoms with E-state index in [2.05, 4.69) is 20.4 Å².